The van der Waals surface area contributed by atoms with Gasteiger partial charge in [0.15, 0.2) is 0 Å². The number of carbonyl (C=O) groups excluding carboxylic acids is 1. The van der Waals surface area contributed by atoms with Crippen LogP contribution in [0.4, 0.5) is 0 Å². The van der Waals surface area contributed by atoms with Crippen LogP contribution >= 0.6 is 11.6 Å². The zero-order valence-electron chi connectivity index (χ0n) is 25.1. The Bertz CT molecular complexity index is 358. The van der Waals surface area contributed by atoms with Crippen LogP contribution < -0.4 is 12.4 Å². The molecule has 0 bridgehead atoms. The fraction of sp³-hybridized carbons (Fsp3) is 0.900. The molecule has 0 aliphatic heterocycles. The van der Waals surface area contributed by atoms with E-state index in [2.05, 4.69) is 89.8 Å². The molecule has 0 radical (unpaired) electrons. The third kappa shape index (κ3) is 98.9. The van der Waals surface area contributed by atoms with Gasteiger partial charge in [0.2, 0.25) is 0 Å². The standard InChI is InChI=1S/C9H24OSi2.C4H11ClSi.C4H11Si.C3H6O2.ClH.2Mg.2H/c1-11(2,3)7-9(10)8-12(4,5)6;1-6(2,3)4-5;1-5(2,3)4;1-2-5-3-4;;;;;/h9-10H,7-8H2,1-6H3;4H2,1-3H3;1H2,2-4H3;3H,2H2,1H3;1H;;;;/q;;-1;;;2*+2;2*-1/p-1. The minimum Gasteiger partial charge on any atom is -1.00 e. The van der Waals surface area contributed by atoms with E-state index < -0.39 is 32.3 Å². The SMILES string of the molecule is CCOC=O.C[Si](C)(C)CC(O)C[Si](C)(C)C.C[Si](C)(C)CCl.[CH2-][Si](C)(C)C.[Cl-].[H-].[H-].[Mg+2].[Mg+2]. The Kier molecular flexibility index (Phi) is 41.4. The average Bonchev–Trinajstić information content (AvgIpc) is 2.33. The van der Waals surface area contributed by atoms with Gasteiger partial charge in [0.1, 0.15) is 0 Å². The number of hydrogen-bond donors (Lipinski definition) is 1. The zero-order valence-corrected chi connectivity index (χ0v) is 31.5. The summed E-state index contributed by atoms with van der Waals surface area (Å²) in [4.78, 5) is 9.18. The van der Waals surface area contributed by atoms with E-state index in [-0.39, 0.29) is 67.5 Å². The molecule has 186 valence electrons. The van der Waals surface area contributed by atoms with Gasteiger partial charge >= 0.3 is 46.1 Å². The van der Waals surface area contributed by atoms with Gasteiger partial charge in [-0.15, -0.1) is 19.7 Å². The summed E-state index contributed by atoms with van der Waals surface area (Å²) in [7, 11) is -3.82. The van der Waals surface area contributed by atoms with Gasteiger partial charge in [-0.1, -0.05) is 78.6 Å². The molecule has 0 aliphatic carbocycles. The van der Waals surface area contributed by atoms with E-state index in [1.807, 2.05) is 0 Å². The van der Waals surface area contributed by atoms with Crippen molar-refractivity contribution in [3.05, 3.63) is 6.55 Å². The molecule has 0 saturated carbocycles. The second kappa shape index (κ2) is 25.5. The quantitative estimate of drug-likeness (QED) is 0.219. The molecule has 11 heteroatoms. The summed E-state index contributed by atoms with van der Waals surface area (Å²) in [6.07, 6.45) is -0.0247. The van der Waals surface area contributed by atoms with Crippen molar-refractivity contribution in [3.63, 3.8) is 0 Å². The molecule has 0 aliphatic rings. The van der Waals surface area contributed by atoms with Crippen LogP contribution in [0.1, 0.15) is 9.78 Å². The predicted molar refractivity (Wildman–Crippen MR) is 157 cm³/mol. The van der Waals surface area contributed by atoms with Crippen LogP contribution in [0.25, 0.3) is 0 Å². The fourth-order valence-corrected chi connectivity index (χ4v) is 4.96. The molecule has 31 heavy (non-hydrogen) atoms. The third-order valence-corrected chi connectivity index (χ3v) is 8.93. The first-order valence-electron chi connectivity index (χ1n) is 10.2. The molecule has 0 atom stereocenters. The van der Waals surface area contributed by atoms with Gasteiger partial charge in [0.25, 0.3) is 6.47 Å². The van der Waals surface area contributed by atoms with Crippen LogP contribution in [0.5, 0.6) is 0 Å². The van der Waals surface area contributed by atoms with Gasteiger partial charge in [-0.25, -0.2) is 0 Å². The van der Waals surface area contributed by atoms with Gasteiger partial charge in [-0.2, -0.15) is 0 Å². The van der Waals surface area contributed by atoms with Crippen molar-refractivity contribution in [2.24, 2.45) is 0 Å². The second-order valence-electron chi connectivity index (χ2n) is 12.0. The van der Waals surface area contributed by atoms with Crippen molar-refractivity contribution >= 4 is 96.5 Å². The van der Waals surface area contributed by atoms with Crippen LogP contribution in [-0.2, 0) is 9.53 Å². The number of aliphatic hydroxyl groups is 1. The molecule has 0 saturated heterocycles. The van der Waals surface area contributed by atoms with Crippen LogP contribution in [-0.4, -0.2) is 108 Å². The zero-order chi connectivity index (χ0) is 23.8. The maximum Gasteiger partial charge on any atom is 2.00 e. The molecule has 0 heterocycles. The van der Waals surface area contributed by atoms with Crippen molar-refractivity contribution in [2.45, 2.75) is 104 Å². The summed E-state index contributed by atoms with van der Waals surface area (Å²) in [6.45, 7) is 33.9. The number of halogens is 2. The van der Waals surface area contributed by atoms with Gasteiger partial charge in [0.05, 0.1) is 14.7 Å². The van der Waals surface area contributed by atoms with E-state index in [4.69, 9.17) is 11.6 Å². The normalized spacial score (nSPS) is 10.7. The number of alkyl halides is 1. The molecule has 0 spiro atoms. The number of hydrogen-bond acceptors (Lipinski definition) is 3. The fourth-order valence-electron chi connectivity index (χ4n) is 1.55. The van der Waals surface area contributed by atoms with E-state index in [0.29, 0.717) is 13.1 Å². The van der Waals surface area contributed by atoms with Crippen LogP contribution in [0.3, 0.4) is 0 Å². The van der Waals surface area contributed by atoms with Crippen LogP contribution in [0.15, 0.2) is 0 Å². The Hall–Kier alpha value is 2.41. The molecule has 3 nitrogen and oxygen atoms in total. The minimum atomic E-state index is -1.05. The molecule has 0 fully saturated rings. The van der Waals surface area contributed by atoms with Gasteiger partial charge in [-0.3, -0.25) is 4.79 Å². The Balaban J connectivity index is -0.0000000341. The molecule has 0 rings (SSSR count). The van der Waals surface area contributed by atoms with Crippen LogP contribution in [0.2, 0.25) is 90.7 Å². The van der Waals surface area contributed by atoms with Crippen molar-refractivity contribution in [3.8, 4) is 0 Å². The first-order valence-corrected chi connectivity index (χ1v) is 25.6. The topological polar surface area (TPSA) is 46.5 Å². The van der Waals surface area contributed by atoms with E-state index >= 15 is 0 Å². The average molecular weight is 575 g/mol. The molecular weight excluding hydrogens is 520 g/mol. The molecule has 0 amide bonds. The van der Waals surface area contributed by atoms with Crippen molar-refractivity contribution in [2.75, 3.05) is 12.1 Å². The summed E-state index contributed by atoms with van der Waals surface area (Å²) < 4.78 is 4.15. The summed E-state index contributed by atoms with van der Waals surface area (Å²) in [5, 5.41) is 9.79. The number of carbonyl (C=O) groups is 1. The number of aliphatic hydroxyl groups excluding tert-OH is 1. The van der Waals surface area contributed by atoms with Crippen molar-refractivity contribution < 1.29 is 29.9 Å². The second-order valence-corrected chi connectivity index (χ2v) is 34.4. The summed E-state index contributed by atoms with van der Waals surface area (Å²) in [6, 6.07) is 2.13. The summed E-state index contributed by atoms with van der Waals surface area (Å²) in [5.41, 5.74) is 0.882. The molecular formula is C20H54Cl2Mg2O3Si4. The van der Waals surface area contributed by atoms with E-state index in [9.17, 15) is 9.90 Å². The van der Waals surface area contributed by atoms with E-state index in [0.717, 1.165) is 17.6 Å². The first kappa shape index (κ1) is 50.3. The Morgan fingerprint density at radius 2 is 1.10 bits per heavy atom. The Morgan fingerprint density at radius 1 is 0.871 bits per heavy atom. The number of ether oxygens (including phenoxy) is 1. The first-order chi connectivity index (χ1) is 12.1. The Morgan fingerprint density at radius 3 is 1.16 bits per heavy atom. The van der Waals surface area contributed by atoms with E-state index in [1.54, 1.807) is 6.92 Å². The monoisotopic (exact) mass is 572 g/mol. The molecule has 0 unspecified atom stereocenters. The molecule has 0 aromatic rings. The van der Waals surface area contributed by atoms with Crippen LogP contribution in [0, 0.1) is 6.55 Å². The predicted octanol–water partition coefficient (Wildman–Crippen LogP) is 3.47. The summed E-state index contributed by atoms with van der Waals surface area (Å²) >= 11 is 5.54. The third-order valence-electron chi connectivity index (χ3n) is 2.33. The summed E-state index contributed by atoms with van der Waals surface area (Å²) in [5.74, 6) is 0. The van der Waals surface area contributed by atoms with Gasteiger partial charge in [-0.05, 0) is 19.0 Å². The molecule has 0 aromatic heterocycles. The van der Waals surface area contributed by atoms with Crippen molar-refractivity contribution in [1.82, 2.24) is 0 Å². The largest absolute Gasteiger partial charge is 2.00 e. The maximum atomic E-state index is 9.79. The van der Waals surface area contributed by atoms with E-state index in [1.165, 1.54) is 0 Å². The maximum absolute atomic E-state index is 9.79. The minimum absolute atomic E-state index is 0. The molecule has 1 N–H and O–H groups in total. The number of rotatable bonds is 7. The smallest absolute Gasteiger partial charge is 1.00 e. The van der Waals surface area contributed by atoms with Gasteiger partial charge in [0, 0.05) is 27.8 Å². The Labute approximate surface area is 246 Å². The molecule has 0 aromatic carbocycles. The van der Waals surface area contributed by atoms with Gasteiger partial charge < -0.3 is 31.7 Å². The van der Waals surface area contributed by atoms with Crippen molar-refractivity contribution in [1.29, 1.82) is 0 Å².